The molecule has 2 aliphatic rings. The minimum absolute atomic E-state index is 0.214. The van der Waals surface area contributed by atoms with Gasteiger partial charge in [0, 0.05) is 30.0 Å². The molecule has 5 rings (SSSR count). The van der Waals surface area contributed by atoms with Gasteiger partial charge in [-0.25, -0.2) is 0 Å². The first kappa shape index (κ1) is 15.7. The van der Waals surface area contributed by atoms with Gasteiger partial charge in [-0.1, -0.05) is 48.5 Å². The molecule has 1 aromatic heterocycles. The van der Waals surface area contributed by atoms with Gasteiger partial charge < -0.3 is 9.47 Å². The molecule has 3 heteroatoms. The molecule has 2 aliphatic carbocycles. The van der Waals surface area contributed by atoms with Crippen molar-refractivity contribution in [2.75, 3.05) is 6.54 Å². The lowest BCUT2D eigenvalue weighted by Gasteiger charge is -2.23. The van der Waals surface area contributed by atoms with Crippen molar-refractivity contribution in [2.24, 2.45) is 5.92 Å². The maximum Gasteiger partial charge on any atom is 0.270 e. The van der Waals surface area contributed by atoms with Crippen LogP contribution in [0.25, 0.3) is 10.9 Å². The second-order valence-electron chi connectivity index (χ2n) is 7.79. The maximum atomic E-state index is 13.5. The number of hydrogen-bond donors (Lipinski definition) is 0. The van der Waals surface area contributed by atoms with Crippen LogP contribution in [0, 0.1) is 5.92 Å². The molecule has 0 N–H and O–H groups in total. The summed E-state index contributed by atoms with van der Waals surface area (Å²) in [5.41, 5.74) is 3.20. The van der Waals surface area contributed by atoms with E-state index in [1.165, 1.54) is 18.4 Å². The Morgan fingerprint density at radius 2 is 1.69 bits per heavy atom. The van der Waals surface area contributed by atoms with Gasteiger partial charge in [-0.05, 0) is 49.3 Å². The summed E-state index contributed by atoms with van der Waals surface area (Å²) in [7, 11) is 0. The smallest absolute Gasteiger partial charge is 0.270 e. The quantitative estimate of drug-likeness (QED) is 0.636. The van der Waals surface area contributed by atoms with Crippen molar-refractivity contribution in [3.05, 3.63) is 71.9 Å². The summed E-state index contributed by atoms with van der Waals surface area (Å²) >= 11 is 0. The van der Waals surface area contributed by atoms with Crippen molar-refractivity contribution >= 4 is 16.8 Å². The number of benzene rings is 2. The number of hydrogen-bond acceptors (Lipinski definition) is 1. The van der Waals surface area contributed by atoms with Crippen LogP contribution in [-0.4, -0.2) is 28.0 Å². The van der Waals surface area contributed by atoms with Gasteiger partial charge in [0.05, 0.1) is 0 Å². The summed E-state index contributed by atoms with van der Waals surface area (Å²) < 4.78 is 2.20. The number of aromatic nitrogens is 1. The second kappa shape index (κ2) is 6.31. The first-order chi connectivity index (χ1) is 12.8. The predicted molar refractivity (Wildman–Crippen MR) is 104 cm³/mol. The van der Waals surface area contributed by atoms with E-state index >= 15 is 0 Å². The standard InChI is InChI=1S/C23H24N2O/c26-23(24(20-12-13-20)15-18-10-11-18)22-14-19-8-4-5-9-21(19)25(22)16-17-6-2-1-3-7-17/h1-9,14,18,20H,10-13,15-16H2. The van der Waals surface area contributed by atoms with Gasteiger partial charge in [-0.15, -0.1) is 0 Å². The number of carbonyl (C=O) groups excluding carboxylic acids is 1. The van der Waals surface area contributed by atoms with E-state index in [2.05, 4.69) is 58.0 Å². The fourth-order valence-electron chi connectivity index (χ4n) is 3.83. The predicted octanol–water partition coefficient (Wildman–Crippen LogP) is 4.70. The molecule has 0 atom stereocenters. The summed E-state index contributed by atoms with van der Waals surface area (Å²) in [4.78, 5) is 15.6. The van der Waals surface area contributed by atoms with Crippen LogP contribution in [0.1, 0.15) is 41.7 Å². The number of rotatable bonds is 6. The van der Waals surface area contributed by atoms with Gasteiger partial charge >= 0.3 is 0 Å². The molecule has 0 bridgehead atoms. The zero-order valence-corrected chi connectivity index (χ0v) is 15.0. The van der Waals surface area contributed by atoms with E-state index in [1.807, 2.05) is 12.1 Å². The number of amides is 1. The largest absolute Gasteiger partial charge is 0.334 e. The third-order valence-corrected chi connectivity index (χ3v) is 5.61. The van der Waals surface area contributed by atoms with Crippen LogP contribution < -0.4 is 0 Å². The lowest BCUT2D eigenvalue weighted by molar-refractivity contribution is 0.0725. The highest BCUT2D eigenvalue weighted by Crippen LogP contribution is 2.36. The third-order valence-electron chi connectivity index (χ3n) is 5.61. The first-order valence-electron chi connectivity index (χ1n) is 9.73. The van der Waals surface area contributed by atoms with Crippen molar-refractivity contribution in [1.82, 2.24) is 9.47 Å². The van der Waals surface area contributed by atoms with Crippen LogP contribution in [0.15, 0.2) is 60.7 Å². The van der Waals surface area contributed by atoms with E-state index in [1.54, 1.807) is 0 Å². The average Bonchev–Trinajstić information content (AvgIpc) is 3.59. The minimum atomic E-state index is 0.214. The van der Waals surface area contributed by atoms with Crippen LogP contribution in [-0.2, 0) is 6.54 Å². The number of carbonyl (C=O) groups is 1. The monoisotopic (exact) mass is 344 g/mol. The van der Waals surface area contributed by atoms with E-state index in [-0.39, 0.29) is 5.91 Å². The highest BCUT2D eigenvalue weighted by Gasteiger charge is 2.37. The molecule has 0 saturated heterocycles. The maximum absolute atomic E-state index is 13.5. The summed E-state index contributed by atoms with van der Waals surface area (Å²) in [6, 6.07) is 21.3. The molecule has 0 spiro atoms. The van der Waals surface area contributed by atoms with Gasteiger partial charge in [-0.3, -0.25) is 4.79 Å². The molecule has 2 saturated carbocycles. The molecular weight excluding hydrogens is 320 g/mol. The summed E-state index contributed by atoms with van der Waals surface area (Å²) in [6.07, 6.45) is 4.89. The topological polar surface area (TPSA) is 25.2 Å². The normalized spacial score (nSPS) is 16.8. The molecule has 2 fully saturated rings. The Bertz CT molecular complexity index is 935. The molecule has 3 nitrogen and oxygen atoms in total. The van der Waals surface area contributed by atoms with Crippen molar-refractivity contribution in [2.45, 2.75) is 38.3 Å². The molecule has 2 aromatic carbocycles. The van der Waals surface area contributed by atoms with Gasteiger partial charge in [0.25, 0.3) is 5.91 Å². The number of fused-ring (bicyclic) bond motifs is 1. The summed E-state index contributed by atoms with van der Waals surface area (Å²) in [5, 5.41) is 1.15. The Hall–Kier alpha value is -2.55. The molecule has 1 heterocycles. The fourth-order valence-corrected chi connectivity index (χ4v) is 3.83. The van der Waals surface area contributed by atoms with Gasteiger partial charge in [0.15, 0.2) is 0 Å². The Labute approximate surface area is 154 Å². The van der Waals surface area contributed by atoms with E-state index < -0.39 is 0 Å². The van der Waals surface area contributed by atoms with Crippen molar-refractivity contribution in [3.63, 3.8) is 0 Å². The lowest BCUT2D eigenvalue weighted by atomic mass is 10.2. The highest BCUT2D eigenvalue weighted by molar-refractivity contribution is 5.99. The third kappa shape index (κ3) is 3.03. The zero-order valence-electron chi connectivity index (χ0n) is 15.0. The lowest BCUT2D eigenvalue weighted by Crippen LogP contribution is -2.36. The average molecular weight is 344 g/mol. The Morgan fingerprint density at radius 3 is 2.42 bits per heavy atom. The molecular formula is C23H24N2O. The first-order valence-corrected chi connectivity index (χ1v) is 9.73. The Kier molecular flexibility index (Phi) is 3.81. The number of nitrogens with zero attached hydrogens (tertiary/aromatic N) is 2. The van der Waals surface area contributed by atoms with Crippen LogP contribution >= 0.6 is 0 Å². The highest BCUT2D eigenvalue weighted by atomic mass is 16.2. The van der Waals surface area contributed by atoms with E-state index in [0.29, 0.717) is 6.04 Å². The molecule has 3 aromatic rings. The van der Waals surface area contributed by atoms with Crippen molar-refractivity contribution in [3.8, 4) is 0 Å². The second-order valence-corrected chi connectivity index (χ2v) is 7.79. The molecule has 132 valence electrons. The fraction of sp³-hybridized carbons (Fsp3) is 0.348. The Balaban J connectivity index is 1.55. The van der Waals surface area contributed by atoms with E-state index in [9.17, 15) is 4.79 Å². The van der Waals surface area contributed by atoms with Crippen LogP contribution in [0.5, 0.6) is 0 Å². The van der Waals surface area contributed by atoms with Crippen molar-refractivity contribution < 1.29 is 4.79 Å². The summed E-state index contributed by atoms with van der Waals surface area (Å²) in [6.45, 7) is 1.67. The molecule has 1 amide bonds. The van der Waals surface area contributed by atoms with Crippen molar-refractivity contribution in [1.29, 1.82) is 0 Å². The molecule has 0 unspecified atom stereocenters. The van der Waals surface area contributed by atoms with Gasteiger partial charge in [0.1, 0.15) is 5.69 Å². The minimum Gasteiger partial charge on any atom is -0.334 e. The van der Waals surface area contributed by atoms with Gasteiger partial charge in [0.2, 0.25) is 0 Å². The summed E-state index contributed by atoms with van der Waals surface area (Å²) in [5.74, 6) is 0.943. The Morgan fingerprint density at radius 1 is 0.962 bits per heavy atom. The SMILES string of the molecule is O=C(c1cc2ccccc2n1Cc1ccccc1)N(CC1CC1)C1CC1. The van der Waals surface area contributed by atoms with Crippen LogP contribution in [0.2, 0.25) is 0 Å². The molecule has 0 aliphatic heterocycles. The van der Waals surface area contributed by atoms with Crippen LogP contribution in [0.3, 0.4) is 0 Å². The number of para-hydroxylation sites is 1. The van der Waals surface area contributed by atoms with E-state index in [0.717, 1.165) is 48.4 Å². The van der Waals surface area contributed by atoms with Gasteiger partial charge in [-0.2, -0.15) is 0 Å². The molecule has 26 heavy (non-hydrogen) atoms. The van der Waals surface area contributed by atoms with Crippen LogP contribution in [0.4, 0.5) is 0 Å². The molecule has 0 radical (unpaired) electrons. The zero-order chi connectivity index (χ0) is 17.5. The van der Waals surface area contributed by atoms with E-state index in [4.69, 9.17) is 0 Å².